The van der Waals surface area contributed by atoms with E-state index in [0.717, 1.165) is 31.7 Å². The Balaban J connectivity index is 1.96. The molecule has 1 aliphatic heterocycles. The van der Waals surface area contributed by atoms with Crippen molar-refractivity contribution in [2.45, 2.75) is 19.0 Å². The van der Waals surface area contributed by atoms with Crippen LogP contribution in [-0.2, 0) is 11.3 Å². The van der Waals surface area contributed by atoms with Crippen LogP contribution in [0.15, 0.2) is 23.5 Å². The van der Waals surface area contributed by atoms with E-state index in [9.17, 15) is 0 Å². The first-order valence-corrected chi connectivity index (χ1v) is 5.53. The van der Waals surface area contributed by atoms with Crippen molar-refractivity contribution in [2.24, 2.45) is 10.9 Å². The van der Waals surface area contributed by atoms with Crippen molar-refractivity contribution in [3.8, 4) is 0 Å². The highest BCUT2D eigenvalue weighted by atomic mass is 16.5. The van der Waals surface area contributed by atoms with Gasteiger partial charge in [-0.3, -0.25) is 4.98 Å². The number of nitrogens with zero attached hydrogens (tertiary/aromatic N) is 2. The lowest BCUT2D eigenvalue weighted by Gasteiger charge is -2.10. The summed E-state index contributed by atoms with van der Waals surface area (Å²) in [5.41, 5.74) is 7.01. The van der Waals surface area contributed by atoms with Crippen LogP contribution in [0.1, 0.15) is 17.7 Å². The summed E-state index contributed by atoms with van der Waals surface area (Å²) in [6.07, 6.45) is 2.69. The van der Waals surface area contributed by atoms with Crippen molar-refractivity contribution < 1.29 is 9.94 Å². The molecule has 0 aliphatic carbocycles. The van der Waals surface area contributed by atoms with Crippen molar-refractivity contribution >= 4 is 5.84 Å². The smallest absolute Gasteiger partial charge is 0.188 e. The molecule has 1 unspecified atom stereocenters. The number of hydrogen-bond acceptors (Lipinski definition) is 5. The molecular weight excluding hydrogens is 220 g/mol. The lowest BCUT2D eigenvalue weighted by molar-refractivity contribution is 0.190. The van der Waals surface area contributed by atoms with E-state index in [1.54, 1.807) is 12.3 Å². The number of aromatic nitrogens is 1. The SMILES string of the molecule is N/C(=N/O)c1cc(CNC2CCOC2)ccn1. The molecule has 0 saturated carbocycles. The van der Waals surface area contributed by atoms with E-state index in [2.05, 4.69) is 15.5 Å². The maximum Gasteiger partial charge on any atom is 0.188 e. The summed E-state index contributed by atoms with van der Waals surface area (Å²) in [6, 6.07) is 4.12. The predicted molar refractivity (Wildman–Crippen MR) is 62.8 cm³/mol. The standard InChI is InChI=1S/C11H16N4O2/c12-11(15-16)10-5-8(1-3-13-10)6-14-9-2-4-17-7-9/h1,3,5,9,14,16H,2,4,6-7H2,(H2,12,15). The molecule has 2 rings (SSSR count). The second-order valence-corrected chi connectivity index (χ2v) is 3.98. The van der Waals surface area contributed by atoms with Gasteiger partial charge in [0.1, 0.15) is 5.69 Å². The molecule has 1 aromatic heterocycles. The van der Waals surface area contributed by atoms with E-state index in [1.807, 2.05) is 6.07 Å². The molecule has 2 heterocycles. The molecule has 0 amide bonds. The van der Waals surface area contributed by atoms with Crippen LogP contribution in [0.2, 0.25) is 0 Å². The van der Waals surface area contributed by atoms with Crippen LogP contribution in [0.3, 0.4) is 0 Å². The summed E-state index contributed by atoms with van der Waals surface area (Å²) in [5, 5.41) is 14.9. The van der Waals surface area contributed by atoms with E-state index in [-0.39, 0.29) is 5.84 Å². The van der Waals surface area contributed by atoms with Crippen molar-refractivity contribution in [3.05, 3.63) is 29.6 Å². The average Bonchev–Trinajstić information content (AvgIpc) is 2.89. The fourth-order valence-electron chi connectivity index (χ4n) is 1.73. The first-order chi connectivity index (χ1) is 8.29. The van der Waals surface area contributed by atoms with Gasteiger partial charge in [0.2, 0.25) is 0 Å². The van der Waals surface area contributed by atoms with Crippen LogP contribution < -0.4 is 11.1 Å². The summed E-state index contributed by atoms with van der Waals surface area (Å²) in [7, 11) is 0. The third-order valence-electron chi connectivity index (χ3n) is 2.72. The molecule has 17 heavy (non-hydrogen) atoms. The third kappa shape index (κ3) is 3.15. The van der Waals surface area contributed by atoms with Gasteiger partial charge >= 0.3 is 0 Å². The van der Waals surface area contributed by atoms with E-state index in [0.29, 0.717) is 11.7 Å². The highest BCUT2D eigenvalue weighted by Gasteiger charge is 2.14. The topological polar surface area (TPSA) is 92.8 Å². The predicted octanol–water partition coefficient (Wildman–Crippen LogP) is 0.0546. The maximum atomic E-state index is 8.57. The molecule has 1 saturated heterocycles. The lowest BCUT2D eigenvalue weighted by atomic mass is 10.2. The van der Waals surface area contributed by atoms with Crippen LogP contribution in [0.4, 0.5) is 0 Å². The molecule has 1 fully saturated rings. The Morgan fingerprint density at radius 2 is 2.59 bits per heavy atom. The van der Waals surface area contributed by atoms with E-state index in [1.165, 1.54) is 0 Å². The monoisotopic (exact) mass is 236 g/mol. The molecule has 0 aromatic carbocycles. The van der Waals surface area contributed by atoms with Crippen LogP contribution in [0.5, 0.6) is 0 Å². The molecule has 1 aromatic rings. The molecular formula is C11H16N4O2. The van der Waals surface area contributed by atoms with Crippen molar-refractivity contribution in [2.75, 3.05) is 13.2 Å². The first kappa shape index (κ1) is 11.8. The van der Waals surface area contributed by atoms with Gasteiger partial charge in [-0.15, -0.1) is 0 Å². The fraction of sp³-hybridized carbons (Fsp3) is 0.455. The number of rotatable bonds is 4. The number of pyridine rings is 1. The number of hydrogen-bond donors (Lipinski definition) is 3. The number of ether oxygens (including phenoxy) is 1. The highest BCUT2D eigenvalue weighted by molar-refractivity contribution is 5.95. The van der Waals surface area contributed by atoms with Gasteiger partial charge in [-0.25, -0.2) is 0 Å². The van der Waals surface area contributed by atoms with Crippen molar-refractivity contribution in [3.63, 3.8) is 0 Å². The molecule has 0 bridgehead atoms. The normalized spacial score (nSPS) is 20.7. The summed E-state index contributed by atoms with van der Waals surface area (Å²) in [4.78, 5) is 4.02. The van der Waals surface area contributed by atoms with Crippen molar-refractivity contribution in [1.82, 2.24) is 10.3 Å². The highest BCUT2D eigenvalue weighted by Crippen LogP contribution is 2.06. The minimum atomic E-state index is 0.0241. The summed E-state index contributed by atoms with van der Waals surface area (Å²) in [5.74, 6) is 0.0241. The van der Waals surface area contributed by atoms with Crippen LogP contribution >= 0.6 is 0 Å². The molecule has 6 nitrogen and oxygen atoms in total. The van der Waals surface area contributed by atoms with Gasteiger partial charge in [-0.1, -0.05) is 5.16 Å². The number of amidine groups is 1. The molecule has 1 atom stereocenters. The van der Waals surface area contributed by atoms with Crippen molar-refractivity contribution in [1.29, 1.82) is 0 Å². The maximum absolute atomic E-state index is 8.57. The Kier molecular flexibility index (Phi) is 3.89. The first-order valence-electron chi connectivity index (χ1n) is 5.53. The van der Waals surface area contributed by atoms with Gasteiger partial charge in [0, 0.05) is 25.4 Å². The molecule has 92 valence electrons. The average molecular weight is 236 g/mol. The van der Waals surface area contributed by atoms with Gasteiger partial charge in [-0.05, 0) is 24.1 Å². The molecule has 4 N–H and O–H groups in total. The number of oxime groups is 1. The van der Waals surface area contributed by atoms with Crippen LogP contribution in [0, 0.1) is 0 Å². The Labute approximate surface area is 99.5 Å². The molecule has 6 heteroatoms. The summed E-state index contributed by atoms with van der Waals surface area (Å²) >= 11 is 0. The van der Waals surface area contributed by atoms with Gasteiger partial charge in [0.25, 0.3) is 0 Å². The fourth-order valence-corrected chi connectivity index (χ4v) is 1.73. The van der Waals surface area contributed by atoms with Gasteiger partial charge in [0.05, 0.1) is 6.61 Å². The second kappa shape index (κ2) is 5.60. The minimum Gasteiger partial charge on any atom is -0.409 e. The van der Waals surface area contributed by atoms with Gasteiger partial charge < -0.3 is 21.0 Å². The zero-order valence-electron chi connectivity index (χ0n) is 9.47. The van der Waals surface area contributed by atoms with E-state index in [4.69, 9.17) is 15.7 Å². The lowest BCUT2D eigenvalue weighted by Crippen LogP contribution is -2.28. The molecule has 0 radical (unpaired) electrons. The Morgan fingerprint density at radius 3 is 3.29 bits per heavy atom. The quantitative estimate of drug-likeness (QED) is 0.297. The van der Waals surface area contributed by atoms with Crippen LogP contribution in [-0.4, -0.2) is 35.3 Å². The second-order valence-electron chi connectivity index (χ2n) is 3.98. The number of nitrogens with one attached hydrogen (secondary N) is 1. The van der Waals surface area contributed by atoms with Gasteiger partial charge in [0.15, 0.2) is 5.84 Å². The largest absolute Gasteiger partial charge is 0.409 e. The summed E-state index contributed by atoms with van der Waals surface area (Å²) < 4.78 is 5.28. The molecule has 1 aliphatic rings. The van der Waals surface area contributed by atoms with E-state index < -0.39 is 0 Å². The summed E-state index contributed by atoms with van der Waals surface area (Å²) in [6.45, 7) is 2.31. The third-order valence-corrected chi connectivity index (χ3v) is 2.72. The Hall–Kier alpha value is -1.66. The zero-order chi connectivity index (χ0) is 12.1. The van der Waals surface area contributed by atoms with E-state index >= 15 is 0 Å². The number of nitrogens with two attached hydrogens (primary N) is 1. The minimum absolute atomic E-state index is 0.0241. The zero-order valence-corrected chi connectivity index (χ0v) is 9.47. The van der Waals surface area contributed by atoms with Crippen LogP contribution in [0.25, 0.3) is 0 Å². The Morgan fingerprint density at radius 1 is 1.71 bits per heavy atom. The van der Waals surface area contributed by atoms with Gasteiger partial charge in [-0.2, -0.15) is 0 Å². The Bertz CT molecular complexity index is 402. The molecule has 0 spiro atoms.